The molecule has 19 heavy (non-hydrogen) atoms. The lowest BCUT2D eigenvalue weighted by molar-refractivity contribution is -0.132. The zero-order chi connectivity index (χ0) is 14.1. The van der Waals surface area contributed by atoms with E-state index in [1.807, 2.05) is 4.90 Å². The molecule has 2 atom stereocenters. The highest BCUT2D eigenvalue weighted by molar-refractivity contribution is 5.76. The number of aliphatic hydroxyl groups is 1. The number of amides is 1. The molecule has 1 aliphatic heterocycles. The molecular weight excluding hydrogens is 240 g/mol. The van der Waals surface area contributed by atoms with E-state index in [9.17, 15) is 4.79 Å². The normalized spacial score (nSPS) is 20.8. The van der Waals surface area contributed by atoms with E-state index >= 15 is 0 Å². The highest BCUT2D eigenvalue weighted by Crippen LogP contribution is 2.24. The Balaban J connectivity index is 2.34. The first-order valence-electron chi connectivity index (χ1n) is 7.83. The Kier molecular flexibility index (Phi) is 8.07. The fraction of sp³-hybridized carbons (Fsp3) is 0.933. The molecule has 4 heteroatoms. The third-order valence-electron chi connectivity index (χ3n) is 4.31. The maximum absolute atomic E-state index is 12.3. The molecule has 0 spiro atoms. The van der Waals surface area contributed by atoms with Gasteiger partial charge in [-0.3, -0.25) is 4.79 Å². The number of carbonyl (C=O) groups is 1. The van der Waals surface area contributed by atoms with Crippen LogP contribution in [-0.2, 0) is 4.79 Å². The molecule has 0 bridgehead atoms. The van der Waals surface area contributed by atoms with Crippen molar-refractivity contribution in [1.29, 1.82) is 0 Å². The minimum absolute atomic E-state index is 0.229. The third-order valence-corrected chi connectivity index (χ3v) is 4.31. The molecule has 0 radical (unpaired) electrons. The zero-order valence-corrected chi connectivity index (χ0v) is 12.3. The zero-order valence-electron chi connectivity index (χ0n) is 12.3. The highest BCUT2D eigenvalue weighted by Gasteiger charge is 2.27. The lowest BCUT2D eigenvalue weighted by Crippen LogP contribution is -2.35. The summed E-state index contributed by atoms with van der Waals surface area (Å²) in [6, 6.07) is 0.370. The number of hydrogen-bond acceptors (Lipinski definition) is 3. The van der Waals surface area contributed by atoms with Crippen molar-refractivity contribution in [3.63, 3.8) is 0 Å². The van der Waals surface area contributed by atoms with Gasteiger partial charge >= 0.3 is 0 Å². The predicted molar refractivity (Wildman–Crippen MR) is 77.7 cm³/mol. The Bertz CT molecular complexity index is 259. The van der Waals surface area contributed by atoms with E-state index in [1.54, 1.807) is 0 Å². The van der Waals surface area contributed by atoms with Gasteiger partial charge < -0.3 is 15.7 Å². The molecule has 1 amide bonds. The summed E-state index contributed by atoms with van der Waals surface area (Å²) < 4.78 is 0. The van der Waals surface area contributed by atoms with Crippen molar-refractivity contribution in [2.75, 3.05) is 19.7 Å². The SMILES string of the molecule is CCC(CCN)CCC(=O)N1CCCC1CCCO. The summed E-state index contributed by atoms with van der Waals surface area (Å²) >= 11 is 0. The van der Waals surface area contributed by atoms with Crippen molar-refractivity contribution in [2.24, 2.45) is 11.7 Å². The molecule has 4 nitrogen and oxygen atoms in total. The number of hydrogen-bond donors (Lipinski definition) is 2. The molecule has 112 valence electrons. The molecule has 1 rings (SSSR count). The molecule has 1 heterocycles. The monoisotopic (exact) mass is 270 g/mol. The van der Waals surface area contributed by atoms with Crippen LogP contribution in [0.15, 0.2) is 0 Å². The number of carbonyl (C=O) groups excluding carboxylic acids is 1. The van der Waals surface area contributed by atoms with E-state index in [-0.39, 0.29) is 6.61 Å². The van der Waals surface area contributed by atoms with E-state index < -0.39 is 0 Å². The first-order chi connectivity index (χ1) is 9.22. The molecule has 0 saturated carbocycles. The van der Waals surface area contributed by atoms with Crippen LogP contribution in [0.1, 0.15) is 58.3 Å². The Morgan fingerprint density at radius 3 is 2.89 bits per heavy atom. The molecular formula is C15H30N2O2. The summed E-state index contributed by atoms with van der Waals surface area (Å²) in [4.78, 5) is 14.3. The topological polar surface area (TPSA) is 66.6 Å². The minimum Gasteiger partial charge on any atom is -0.396 e. The average Bonchev–Trinajstić information content (AvgIpc) is 2.89. The van der Waals surface area contributed by atoms with Gasteiger partial charge in [-0.05, 0) is 51.0 Å². The second-order valence-electron chi connectivity index (χ2n) is 5.64. The van der Waals surface area contributed by atoms with Crippen LogP contribution in [0.2, 0.25) is 0 Å². The molecule has 1 fully saturated rings. The molecule has 0 aromatic heterocycles. The maximum Gasteiger partial charge on any atom is 0.222 e. The van der Waals surface area contributed by atoms with Gasteiger partial charge in [0.1, 0.15) is 0 Å². The Morgan fingerprint density at radius 2 is 2.26 bits per heavy atom. The van der Waals surface area contributed by atoms with Crippen LogP contribution in [0.25, 0.3) is 0 Å². The number of likely N-dealkylation sites (tertiary alicyclic amines) is 1. The van der Waals surface area contributed by atoms with Crippen molar-refractivity contribution >= 4 is 5.91 Å². The summed E-state index contributed by atoms with van der Waals surface area (Å²) in [7, 11) is 0. The van der Waals surface area contributed by atoms with Gasteiger partial charge in [-0.2, -0.15) is 0 Å². The van der Waals surface area contributed by atoms with E-state index in [4.69, 9.17) is 10.8 Å². The fourth-order valence-electron chi connectivity index (χ4n) is 3.05. The third kappa shape index (κ3) is 5.49. The van der Waals surface area contributed by atoms with Crippen LogP contribution in [0.4, 0.5) is 0 Å². The van der Waals surface area contributed by atoms with Gasteiger partial charge in [0.05, 0.1) is 0 Å². The summed E-state index contributed by atoms with van der Waals surface area (Å²) in [5.74, 6) is 0.892. The Morgan fingerprint density at radius 1 is 1.47 bits per heavy atom. The van der Waals surface area contributed by atoms with Crippen LogP contribution < -0.4 is 5.73 Å². The van der Waals surface area contributed by atoms with Crippen LogP contribution in [0.3, 0.4) is 0 Å². The molecule has 0 aromatic carbocycles. The van der Waals surface area contributed by atoms with Gasteiger partial charge in [0.2, 0.25) is 5.91 Å². The molecule has 1 aliphatic rings. The lowest BCUT2D eigenvalue weighted by Gasteiger charge is -2.25. The average molecular weight is 270 g/mol. The van der Waals surface area contributed by atoms with E-state index in [1.165, 1.54) is 0 Å². The quantitative estimate of drug-likeness (QED) is 0.672. The second kappa shape index (κ2) is 9.32. The van der Waals surface area contributed by atoms with Crippen molar-refractivity contribution < 1.29 is 9.90 Å². The molecule has 3 N–H and O–H groups in total. The van der Waals surface area contributed by atoms with Gasteiger partial charge in [-0.25, -0.2) is 0 Å². The number of rotatable bonds is 9. The summed E-state index contributed by atoms with van der Waals surface area (Å²) in [6.45, 7) is 4.02. The summed E-state index contributed by atoms with van der Waals surface area (Å²) in [5.41, 5.74) is 5.59. The fourth-order valence-corrected chi connectivity index (χ4v) is 3.05. The molecule has 2 unspecified atom stereocenters. The second-order valence-corrected chi connectivity index (χ2v) is 5.64. The van der Waals surface area contributed by atoms with Crippen LogP contribution in [-0.4, -0.2) is 41.7 Å². The first kappa shape index (κ1) is 16.4. The maximum atomic E-state index is 12.3. The van der Waals surface area contributed by atoms with E-state index in [0.29, 0.717) is 24.3 Å². The van der Waals surface area contributed by atoms with Crippen molar-refractivity contribution in [1.82, 2.24) is 4.90 Å². The van der Waals surface area contributed by atoms with Gasteiger partial charge in [-0.1, -0.05) is 13.3 Å². The smallest absolute Gasteiger partial charge is 0.222 e. The Hall–Kier alpha value is -0.610. The number of nitrogens with two attached hydrogens (primary N) is 1. The lowest BCUT2D eigenvalue weighted by atomic mass is 9.96. The van der Waals surface area contributed by atoms with Gasteiger partial charge in [0, 0.05) is 25.6 Å². The van der Waals surface area contributed by atoms with Crippen molar-refractivity contribution in [3.05, 3.63) is 0 Å². The number of aliphatic hydroxyl groups excluding tert-OH is 1. The standard InChI is InChI=1S/C15H30N2O2/c1-2-13(9-10-16)7-8-15(19)17-11-3-5-14(17)6-4-12-18/h13-14,18H,2-12,16H2,1H3. The van der Waals surface area contributed by atoms with Gasteiger partial charge in [-0.15, -0.1) is 0 Å². The van der Waals surface area contributed by atoms with E-state index in [0.717, 1.165) is 58.0 Å². The largest absolute Gasteiger partial charge is 0.396 e. The predicted octanol–water partition coefficient (Wildman–Crippen LogP) is 1.91. The Labute approximate surface area is 117 Å². The van der Waals surface area contributed by atoms with Crippen LogP contribution in [0, 0.1) is 5.92 Å². The minimum atomic E-state index is 0.229. The first-order valence-corrected chi connectivity index (χ1v) is 7.83. The molecule has 1 saturated heterocycles. The van der Waals surface area contributed by atoms with Crippen molar-refractivity contribution in [2.45, 2.75) is 64.3 Å². The summed E-state index contributed by atoms with van der Waals surface area (Å²) in [5, 5.41) is 8.90. The van der Waals surface area contributed by atoms with Gasteiger partial charge in [0.15, 0.2) is 0 Å². The van der Waals surface area contributed by atoms with Crippen molar-refractivity contribution in [3.8, 4) is 0 Å². The number of nitrogens with zero attached hydrogens (tertiary/aromatic N) is 1. The van der Waals surface area contributed by atoms with Gasteiger partial charge in [0.25, 0.3) is 0 Å². The van der Waals surface area contributed by atoms with Crippen LogP contribution >= 0.6 is 0 Å². The summed E-state index contributed by atoms with van der Waals surface area (Å²) in [6.07, 6.45) is 7.73. The van der Waals surface area contributed by atoms with E-state index in [2.05, 4.69) is 6.92 Å². The highest BCUT2D eigenvalue weighted by atomic mass is 16.3. The molecule has 0 aliphatic carbocycles. The van der Waals surface area contributed by atoms with Crippen LogP contribution in [0.5, 0.6) is 0 Å². The molecule has 0 aromatic rings.